The number of esters is 1. The van der Waals surface area contributed by atoms with Crippen LogP contribution in [0.5, 0.6) is 0 Å². The third-order valence-corrected chi connectivity index (χ3v) is 2.41. The zero-order chi connectivity index (χ0) is 11.8. The highest BCUT2D eigenvalue weighted by Gasteiger charge is 2.00. The minimum absolute atomic E-state index is 0.151. The average molecular weight is 222 g/mol. The molecule has 1 rings (SSSR count). The molecule has 88 valence electrons. The van der Waals surface area contributed by atoms with Crippen LogP contribution < -0.4 is 5.32 Å². The summed E-state index contributed by atoms with van der Waals surface area (Å²) in [5, 5.41) is 3.29. The highest BCUT2D eigenvalue weighted by Crippen LogP contribution is 2.04. The Hall–Kier alpha value is -1.42. The van der Waals surface area contributed by atoms with Crippen LogP contribution in [0.15, 0.2) is 18.5 Å². The van der Waals surface area contributed by atoms with Crippen LogP contribution in [-0.2, 0) is 16.1 Å². The van der Waals surface area contributed by atoms with Gasteiger partial charge in [0.1, 0.15) is 0 Å². The van der Waals surface area contributed by atoms with Gasteiger partial charge in [0.05, 0.1) is 7.11 Å². The summed E-state index contributed by atoms with van der Waals surface area (Å²) < 4.78 is 4.56. The number of aromatic nitrogens is 1. The van der Waals surface area contributed by atoms with E-state index in [4.69, 9.17) is 0 Å². The van der Waals surface area contributed by atoms with Gasteiger partial charge in [0.2, 0.25) is 0 Å². The molecule has 0 aliphatic heterocycles. The average Bonchev–Trinajstić information content (AvgIpc) is 2.30. The summed E-state index contributed by atoms with van der Waals surface area (Å²) >= 11 is 0. The lowest BCUT2D eigenvalue weighted by molar-refractivity contribution is -0.140. The maximum atomic E-state index is 10.8. The zero-order valence-corrected chi connectivity index (χ0v) is 9.82. The summed E-state index contributed by atoms with van der Waals surface area (Å²) in [4.78, 5) is 14.9. The van der Waals surface area contributed by atoms with Crippen LogP contribution in [0.4, 0.5) is 0 Å². The highest BCUT2D eigenvalue weighted by atomic mass is 16.5. The lowest BCUT2D eigenvalue weighted by Gasteiger charge is -2.06. The molecule has 1 aromatic rings. The summed E-state index contributed by atoms with van der Waals surface area (Å²) in [5.74, 6) is -0.151. The molecule has 1 aromatic heterocycles. The van der Waals surface area contributed by atoms with Gasteiger partial charge in [-0.1, -0.05) is 0 Å². The van der Waals surface area contributed by atoms with Gasteiger partial charge in [0.15, 0.2) is 0 Å². The molecule has 0 unspecified atom stereocenters. The first-order valence-corrected chi connectivity index (χ1v) is 5.41. The second kappa shape index (κ2) is 6.95. The lowest BCUT2D eigenvalue weighted by atomic mass is 10.1. The normalized spacial score (nSPS) is 10.1. The van der Waals surface area contributed by atoms with Crippen LogP contribution in [0.25, 0.3) is 0 Å². The third-order valence-electron chi connectivity index (χ3n) is 2.41. The van der Waals surface area contributed by atoms with Crippen LogP contribution >= 0.6 is 0 Å². The van der Waals surface area contributed by atoms with Gasteiger partial charge in [0.25, 0.3) is 0 Å². The number of rotatable bonds is 6. The van der Waals surface area contributed by atoms with E-state index in [0.29, 0.717) is 6.42 Å². The molecule has 4 heteroatoms. The third kappa shape index (κ3) is 4.40. The van der Waals surface area contributed by atoms with Crippen LogP contribution in [0.3, 0.4) is 0 Å². The first-order valence-electron chi connectivity index (χ1n) is 5.41. The maximum Gasteiger partial charge on any atom is 0.305 e. The van der Waals surface area contributed by atoms with Crippen molar-refractivity contribution in [1.29, 1.82) is 0 Å². The van der Waals surface area contributed by atoms with Crippen molar-refractivity contribution in [1.82, 2.24) is 10.3 Å². The number of nitrogens with one attached hydrogen (secondary N) is 1. The van der Waals surface area contributed by atoms with Gasteiger partial charge in [0, 0.05) is 25.4 Å². The molecule has 0 radical (unpaired) electrons. The topological polar surface area (TPSA) is 51.2 Å². The van der Waals surface area contributed by atoms with E-state index in [2.05, 4.69) is 15.0 Å². The molecule has 0 saturated heterocycles. The zero-order valence-electron chi connectivity index (χ0n) is 9.82. The molecule has 1 N–H and O–H groups in total. The first-order chi connectivity index (χ1) is 7.74. The fourth-order valence-corrected chi connectivity index (χ4v) is 1.38. The van der Waals surface area contributed by atoms with E-state index in [1.165, 1.54) is 18.2 Å². The molecule has 0 spiro atoms. The van der Waals surface area contributed by atoms with E-state index in [9.17, 15) is 4.79 Å². The van der Waals surface area contributed by atoms with Crippen molar-refractivity contribution in [3.05, 3.63) is 29.6 Å². The number of methoxy groups -OCH3 is 1. The molecule has 0 aromatic carbocycles. The van der Waals surface area contributed by atoms with E-state index in [0.717, 1.165) is 19.5 Å². The fraction of sp³-hybridized carbons (Fsp3) is 0.500. The molecule has 0 aliphatic rings. The van der Waals surface area contributed by atoms with Gasteiger partial charge in [-0.2, -0.15) is 0 Å². The largest absolute Gasteiger partial charge is 0.469 e. The van der Waals surface area contributed by atoms with Crippen molar-refractivity contribution in [2.45, 2.75) is 26.3 Å². The fourth-order valence-electron chi connectivity index (χ4n) is 1.38. The minimum Gasteiger partial charge on any atom is -0.469 e. The number of pyridine rings is 1. The molecule has 4 nitrogen and oxygen atoms in total. The predicted molar refractivity (Wildman–Crippen MR) is 61.9 cm³/mol. The summed E-state index contributed by atoms with van der Waals surface area (Å²) in [6, 6.07) is 2.00. The second-order valence-electron chi connectivity index (χ2n) is 3.66. The highest BCUT2D eigenvalue weighted by molar-refractivity contribution is 5.69. The maximum absolute atomic E-state index is 10.8. The summed E-state index contributed by atoms with van der Waals surface area (Å²) in [6.45, 7) is 3.67. The van der Waals surface area contributed by atoms with E-state index < -0.39 is 0 Å². The molecular formula is C12H18N2O2. The SMILES string of the molecule is COC(=O)CCCNCc1ccncc1C. The van der Waals surface area contributed by atoms with Gasteiger partial charge < -0.3 is 10.1 Å². The second-order valence-corrected chi connectivity index (χ2v) is 3.66. The number of aryl methyl sites for hydroxylation is 1. The number of ether oxygens (including phenoxy) is 1. The van der Waals surface area contributed by atoms with Crippen LogP contribution in [0.2, 0.25) is 0 Å². The van der Waals surface area contributed by atoms with Crippen molar-refractivity contribution in [3.63, 3.8) is 0 Å². The Balaban J connectivity index is 2.17. The predicted octanol–water partition coefficient (Wildman–Crippen LogP) is 1.43. The lowest BCUT2D eigenvalue weighted by Crippen LogP contribution is -2.16. The Morgan fingerprint density at radius 1 is 1.56 bits per heavy atom. The molecule has 0 aliphatic carbocycles. The first kappa shape index (κ1) is 12.6. The van der Waals surface area contributed by atoms with Crippen molar-refractivity contribution in [3.8, 4) is 0 Å². The van der Waals surface area contributed by atoms with Crippen LogP contribution in [0, 0.1) is 6.92 Å². The van der Waals surface area contributed by atoms with Crippen molar-refractivity contribution < 1.29 is 9.53 Å². The molecule has 0 atom stereocenters. The standard InChI is InChI=1S/C12H18N2O2/c1-10-8-14-7-5-11(10)9-13-6-3-4-12(15)16-2/h5,7-8,13H,3-4,6,9H2,1-2H3. The van der Waals surface area contributed by atoms with Crippen molar-refractivity contribution in [2.24, 2.45) is 0 Å². The van der Waals surface area contributed by atoms with Gasteiger partial charge >= 0.3 is 5.97 Å². The smallest absolute Gasteiger partial charge is 0.305 e. The summed E-state index contributed by atoms with van der Waals surface area (Å²) in [7, 11) is 1.41. The Labute approximate surface area is 96.0 Å². The molecule has 0 amide bonds. The molecule has 0 saturated carbocycles. The molecular weight excluding hydrogens is 204 g/mol. The van der Waals surface area contributed by atoms with E-state index in [1.807, 2.05) is 19.2 Å². The minimum atomic E-state index is -0.151. The molecule has 1 heterocycles. The monoisotopic (exact) mass is 222 g/mol. The molecule has 16 heavy (non-hydrogen) atoms. The Morgan fingerprint density at radius 2 is 2.38 bits per heavy atom. The van der Waals surface area contributed by atoms with Crippen molar-refractivity contribution >= 4 is 5.97 Å². The van der Waals surface area contributed by atoms with Gasteiger partial charge in [-0.05, 0) is 37.1 Å². The van der Waals surface area contributed by atoms with Crippen LogP contribution in [-0.4, -0.2) is 24.6 Å². The van der Waals surface area contributed by atoms with E-state index in [-0.39, 0.29) is 5.97 Å². The summed E-state index contributed by atoms with van der Waals surface area (Å²) in [5.41, 5.74) is 2.43. The Kier molecular flexibility index (Phi) is 5.50. The number of hydrogen-bond acceptors (Lipinski definition) is 4. The summed E-state index contributed by atoms with van der Waals surface area (Å²) in [6.07, 6.45) is 4.92. The number of hydrogen-bond donors (Lipinski definition) is 1. The number of carbonyl (C=O) groups excluding carboxylic acids is 1. The van der Waals surface area contributed by atoms with Gasteiger partial charge in [-0.25, -0.2) is 0 Å². The van der Waals surface area contributed by atoms with Gasteiger partial charge in [-0.3, -0.25) is 9.78 Å². The Bertz CT molecular complexity index is 340. The molecule has 0 bridgehead atoms. The van der Waals surface area contributed by atoms with E-state index in [1.54, 1.807) is 6.20 Å². The number of carbonyl (C=O) groups is 1. The van der Waals surface area contributed by atoms with Crippen molar-refractivity contribution in [2.75, 3.05) is 13.7 Å². The van der Waals surface area contributed by atoms with Crippen LogP contribution in [0.1, 0.15) is 24.0 Å². The van der Waals surface area contributed by atoms with E-state index >= 15 is 0 Å². The quantitative estimate of drug-likeness (QED) is 0.584. The molecule has 0 fully saturated rings. The Morgan fingerprint density at radius 3 is 3.06 bits per heavy atom. The van der Waals surface area contributed by atoms with Gasteiger partial charge in [-0.15, -0.1) is 0 Å². The number of nitrogens with zero attached hydrogens (tertiary/aromatic N) is 1.